The Balaban J connectivity index is 1.48. The van der Waals surface area contributed by atoms with Gasteiger partial charge in [-0.1, -0.05) is 12.5 Å². The first-order valence-corrected chi connectivity index (χ1v) is 11.0. The van der Waals surface area contributed by atoms with Gasteiger partial charge < -0.3 is 10.6 Å². The average molecular weight is 426 g/mol. The van der Waals surface area contributed by atoms with E-state index in [0.717, 1.165) is 36.9 Å². The number of thiophene rings is 1. The lowest BCUT2D eigenvalue weighted by molar-refractivity contribution is -0.119. The highest BCUT2D eigenvalue weighted by Crippen LogP contribution is 2.37. The van der Waals surface area contributed by atoms with E-state index in [4.69, 9.17) is 0 Å². The Morgan fingerprint density at radius 2 is 2.00 bits per heavy atom. The van der Waals surface area contributed by atoms with Crippen molar-refractivity contribution < 1.29 is 9.59 Å². The molecule has 0 saturated carbocycles. The van der Waals surface area contributed by atoms with Crippen LogP contribution in [0.1, 0.15) is 47.4 Å². The largest absolute Gasteiger partial charge is 0.317 e. The number of hydrogen-bond acceptors (Lipinski definition) is 6. The van der Waals surface area contributed by atoms with E-state index in [2.05, 4.69) is 21.7 Å². The SMILES string of the molecule is Cc1cccc(NC(=O)CN(C)CCC(=O)Nc2sc3c(c2C#N)CCCCC3)n1. The molecule has 8 heteroatoms. The minimum atomic E-state index is -0.176. The van der Waals surface area contributed by atoms with Crippen molar-refractivity contribution in [3.05, 3.63) is 39.9 Å². The summed E-state index contributed by atoms with van der Waals surface area (Å²) in [6.07, 6.45) is 5.57. The van der Waals surface area contributed by atoms with Crippen LogP contribution in [0.5, 0.6) is 0 Å². The zero-order valence-electron chi connectivity index (χ0n) is 17.5. The number of carbonyl (C=O) groups is 2. The van der Waals surface area contributed by atoms with E-state index in [0.29, 0.717) is 22.9 Å². The van der Waals surface area contributed by atoms with Crippen LogP contribution in [0.15, 0.2) is 18.2 Å². The van der Waals surface area contributed by atoms with Crippen LogP contribution in [0.2, 0.25) is 0 Å². The fraction of sp³-hybridized carbons (Fsp3) is 0.455. The molecule has 158 valence electrons. The van der Waals surface area contributed by atoms with E-state index in [-0.39, 0.29) is 24.8 Å². The summed E-state index contributed by atoms with van der Waals surface area (Å²) in [4.78, 5) is 31.9. The number of hydrogen-bond donors (Lipinski definition) is 2. The Bertz CT molecular complexity index is 963. The molecule has 1 aliphatic carbocycles. The summed E-state index contributed by atoms with van der Waals surface area (Å²) < 4.78 is 0. The van der Waals surface area contributed by atoms with E-state index in [1.807, 2.05) is 19.1 Å². The molecule has 0 unspecified atom stereocenters. The van der Waals surface area contributed by atoms with E-state index < -0.39 is 0 Å². The Labute approximate surface area is 181 Å². The van der Waals surface area contributed by atoms with Crippen LogP contribution in [0.3, 0.4) is 0 Å². The molecule has 0 saturated heterocycles. The Hall–Kier alpha value is -2.76. The van der Waals surface area contributed by atoms with Gasteiger partial charge >= 0.3 is 0 Å². The summed E-state index contributed by atoms with van der Waals surface area (Å²) in [6.45, 7) is 2.47. The van der Waals surface area contributed by atoms with Gasteiger partial charge in [0.05, 0.1) is 12.1 Å². The topological polar surface area (TPSA) is 98.1 Å². The fourth-order valence-corrected chi connectivity index (χ4v) is 4.81. The predicted molar refractivity (Wildman–Crippen MR) is 119 cm³/mol. The molecule has 2 aromatic heterocycles. The number of likely N-dealkylation sites (N-methyl/N-ethyl adjacent to an activating group) is 1. The third-order valence-electron chi connectivity index (χ3n) is 5.08. The quantitative estimate of drug-likeness (QED) is 0.662. The number of fused-ring (bicyclic) bond motifs is 1. The van der Waals surface area contributed by atoms with Crippen molar-refractivity contribution in [2.45, 2.75) is 45.4 Å². The van der Waals surface area contributed by atoms with Crippen molar-refractivity contribution in [3.8, 4) is 6.07 Å². The normalized spacial score (nSPS) is 13.3. The Kier molecular flexibility index (Phi) is 7.55. The van der Waals surface area contributed by atoms with Crippen molar-refractivity contribution in [1.29, 1.82) is 5.26 Å². The first kappa shape index (κ1) is 21.9. The highest BCUT2D eigenvalue weighted by molar-refractivity contribution is 7.16. The van der Waals surface area contributed by atoms with Crippen molar-refractivity contribution >= 4 is 34.0 Å². The van der Waals surface area contributed by atoms with Gasteiger partial charge in [0.1, 0.15) is 16.9 Å². The lowest BCUT2D eigenvalue weighted by atomic mass is 10.1. The monoisotopic (exact) mass is 425 g/mol. The van der Waals surface area contributed by atoms with Crippen LogP contribution in [0, 0.1) is 18.3 Å². The minimum absolute atomic E-state index is 0.143. The molecule has 0 spiro atoms. The molecule has 3 rings (SSSR count). The highest BCUT2D eigenvalue weighted by atomic mass is 32.1. The number of nitriles is 1. The molecule has 0 aromatic carbocycles. The van der Waals surface area contributed by atoms with Crippen LogP contribution >= 0.6 is 11.3 Å². The van der Waals surface area contributed by atoms with Gasteiger partial charge in [0.2, 0.25) is 11.8 Å². The van der Waals surface area contributed by atoms with Crippen LogP contribution in [-0.4, -0.2) is 41.8 Å². The van der Waals surface area contributed by atoms with Gasteiger partial charge in [-0.05, 0) is 57.4 Å². The lowest BCUT2D eigenvalue weighted by Crippen LogP contribution is -2.32. The first-order valence-electron chi connectivity index (χ1n) is 10.2. The van der Waals surface area contributed by atoms with E-state index in [1.54, 1.807) is 18.0 Å². The summed E-state index contributed by atoms with van der Waals surface area (Å²) in [7, 11) is 1.80. The van der Waals surface area contributed by atoms with Crippen LogP contribution < -0.4 is 10.6 Å². The smallest absolute Gasteiger partial charge is 0.239 e. The molecule has 2 heterocycles. The molecule has 2 N–H and O–H groups in total. The molecular formula is C22H27N5O2S. The number of nitrogens with one attached hydrogen (secondary N) is 2. The predicted octanol–water partition coefficient (Wildman–Crippen LogP) is 3.49. The molecule has 0 atom stereocenters. The minimum Gasteiger partial charge on any atom is -0.317 e. The fourth-order valence-electron chi connectivity index (χ4n) is 3.55. The number of pyridine rings is 1. The number of anilines is 2. The van der Waals surface area contributed by atoms with Crippen LogP contribution in [0.4, 0.5) is 10.8 Å². The highest BCUT2D eigenvalue weighted by Gasteiger charge is 2.21. The number of rotatable bonds is 7. The zero-order chi connectivity index (χ0) is 21.5. The second-order valence-electron chi connectivity index (χ2n) is 7.63. The van der Waals surface area contributed by atoms with E-state index in [1.165, 1.54) is 22.6 Å². The van der Waals surface area contributed by atoms with E-state index >= 15 is 0 Å². The molecule has 1 aliphatic rings. The summed E-state index contributed by atoms with van der Waals surface area (Å²) in [6, 6.07) is 7.73. The summed E-state index contributed by atoms with van der Waals surface area (Å²) in [5.74, 6) is 0.202. The van der Waals surface area contributed by atoms with Gasteiger partial charge in [0.25, 0.3) is 0 Å². The molecule has 0 bridgehead atoms. The maximum atomic E-state index is 12.4. The third-order valence-corrected chi connectivity index (χ3v) is 6.28. The summed E-state index contributed by atoms with van der Waals surface area (Å²) >= 11 is 1.54. The Morgan fingerprint density at radius 3 is 2.77 bits per heavy atom. The molecular weight excluding hydrogens is 398 g/mol. The summed E-state index contributed by atoms with van der Waals surface area (Å²) in [5, 5.41) is 15.9. The lowest BCUT2D eigenvalue weighted by Gasteiger charge is -2.16. The summed E-state index contributed by atoms with van der Waals surface area (Å²) in [5.41, 5.74) is 2.58. The van der Waals surface area contributed by atoms with Gasteiger partial charge in [0, 0.05) is 23.5 Å². The average Bonchev–Trinajstić information content (AvgIpc) is 2.85. The number of aryl methyl sites for hydroxylation is 2. The number of amides is 2. The second kappa shape index (κ2) is 10.3. The maximum Gasteiger partial charge on any atom is 0.239 e. The molecule has 0 radical (unpaired) electrons. The molecule has 2 amide bonds. The van der Waals surface area contributed by atoms with Crippen molar-refractivity contribution in [3.63, 3.8) is 0 Å². The number of nitrogens with zero attached hydrogens (tertiary/aromatic N) is 3. The van der Waals surface area contributed by atoms with Gasteiger partial charge in [-0.2, -0.15) is 5.26 Å². The van der Waals surface area contributed by atoms with Crippen LogP contribution in [-0.2, 0) is 22.4 Å². The second-order valence-corrected chi connectivity index (χ2v) is 8.73. The van der Waals surface area contributed by atoms with Gasteiger partial charge in [0.15, 0.2) is 0 Å². The number of aromatic nitrogens is 1. The molecule has 0 fully saturated rings. The molecule has 0 aliphatic heterocycles. The van der Waals surface area contributed by atoms with Gasteiger partial charge in [-0.15, -0.1) is 11.3 Å². The molecule has 7 nitrogen and oxygen atoms in total. The van der Waals surface area contributed by atoms with Crippen molar-refractivity contribution in [2.24, 2.45) is 0 Å². The standard InChI is InChI=1S/C22H27N5O2S/c1-15-7-6-10-19(24-15)25-21(29)14-27(2)12-11-20(28)26-22-17(13-23)16-8-4-3-5-9-18(16)30-22/h6-7,10H,3-5,8-9,11-12,14H2,1-2H3,(H,26,28)(H,24,25,29). The Morgan fingerprint density at radius 1 is 1.20 bits per heavy atom. The molecule has 30 heavy (non-hydrogen) atoms. The van der Waals surface area contributed by atoms with E-state index in [9.17, 15) is 14.9 Å². The van der Waals surface area contributed by atoms with Crippen LogP contribution in [0.25, 0.3) is 0 Å². The van der Waals surface area contributed by atoms with Crippen molar-refractivity contribution in [1.82, 2.24) is 9.88 Å². The van der Waals surface area contributed by atoms with Gasteiger partial charge in [-0.25, -0.2) is 4.98 Å². The zero-order valence-corrected chi connectivity index (χ0v) is 18.3. The van der Waals surface area contributed by atoms with Crippen molar-refractivity contribution in [2.75, 3.05) is 30.8 Å². The maximum absolute atomic E-state index is 12.4. The van der Waals surface area contributed by atoms with Gasteiger partial charge in [-0.3, -0.25) is 14.5 Å². The molecule has 2 aromatic rings. The first-order chi connectivity index (χ1) is 14.5. The third kappa shape index (κ3) is 5.88. The number of carbonyl (C=O) groups excluding carboxylic acids is 2.